The second-order valence-corrected chi connectivity index (χ2v) is 8.08. The molecule has 2 aliphatic carbocycles. The Kier molecular flexibility index (Phi) is 5.27. The average Bonchev–Trinajstić information content (AvgIpc) is 3.15. The summed E-state index contributed by atoms with van der Waals surface area (Å²) in [5, 5.41) is 0. The van der Waals surface area contributed by atoms with Crippen molar-refractivity contribution in [3.05, 3.63) is 0 Å². The van der Waals surface area contributed by atoms with Crippen molar-refractivity contribution in [1.82, 2.24) is 4.90 Å². The van der Waals surface area contributed by atoms with Crippen molar-refractivity contribution in [2.75, 3.05) is 13.1 Å². The first-order chi connectivity index (χ1) is 10.3. The van der Waals surface area contributed by atoms with Gasteiger partial charge in [0.1, 0.15) is 0 Å². The highest BCUT2D eigenvalue weighted by Crippen LogP contribution is 2.43. The Morgan fingerprint density at radius 1 is 0.952 bits per heavy atom. The van der Waals surface area contributed by atoms with Gasteiger partial charge in [0.05, 0.1) is 0 Å². The third-order valence-electron chi connectivity index (χ3n) is 7.08. The van der Waals surface area contributed by atoms with E-state index < -0.39 is 0 Å². The van der Waals surface area contributed by atoms with Gasteiger partial charge in [-0.05, 0) is 63.3 Å². The maximum atomic E-state index is 6.39. The van der Waals surface area contributed by atoms with Crippen LogP contribution in [0.4, 0.5) is 0 Å². The number of nitrogens with two attached hydrogens (primary N) is 1. The van der Waals surface area contributed by atoms with E-state index in [9.17, 15) is 0 Å². The molecule has 1 heterocycles. The summed E-state index contributed by atoms with van der Waals surface area (Å²) in [6.07, 6.45) is 17.2. The summed E-state index contributed by atoms with van der Waals surface area (Å²) < 4.78 is 0. The Labute approximate surface area is 131 Å². The van der Waals surface area contributed by atoms with Crippen LogP contribution in [0, 0.1) is 11.8 Å². The molecule has 1 saturated heterocycles. The Hall–Kier alpha value is -0.0800. The van der Waals surface area contributed by atoms with Gasteiger partial charge in [-0.15, -0.1) is 0 Å². The van der Waals surface area contributed by atoms with Gasteiger partial charge >= 0.3 is 0 Å². The molecule has 0 amide bonds. The minimum atomic E-state index is 0.355. The summed E-state index contributed by atoms with van der Waals surface area (Å²) >= 11 is 0. The average molecular weight is 293 g/mol. The molecule has 2 nitrogen and oxygen atoms in total. The van der Waals surface area contributed by atoms with Gasteiger partial charge in [-0.1, -0.05) is 39.0 Å². The topological polar surface area (TPSA) is 29.3 Å². The first-order valence-corrected chi connectivity index (χ1v) is 9.76. The van der Waals surface area contributed by atoms with Crippen LogP contribution in [0.25, 0.3) is 0 Å². The fourth-order valence-electron chi connectivity index (χ4n) is 5.69. The van der Waals surface area contributed by atoms with Crippen molar-refractivity contribution in [2.24, 2.45) is 17.6 Å². The zero-order chi connectivity index (χ0) is 14.7. The van der Waals surface area contributed by atoms with E-state index in [0.29, 0.717) is 5.54 Å². The fourth-order valence-corrected chi connectivity index (χ4v) is 5.69. The predicted octanol–water partition coefficient (Wildman–Crippen LogP) is 4.33. The molecule has 3 rings (SSSR count). The monoisotopic (exact) mass is 292 g/mol. The third kappa shape index (κ3) is 3.17. The normalized spacial score (nSPS) is 39.7. The van der Waals surface area contributed by atoms with Gasteiger partial charge in [0, 0.05) is 18.1 Å². The molecule has 21 heavy (non-hydrogen) atoms. The second-order valence-electron chi connectivity index (χ2n) is 8.08. The van der Waals surface area contributed by atoms with Gasteiger partial charge in [-0.25, -0.2) is 0 Å². The molecule has 0 aromatic rings. The highest BCUT2D eigenvalue weighted by Gasteiger charge is 2.45. The highest BCUT2D eigenvalue weighted by atomic mass is 15.3. The minimum absolute atomic E-state index is 0.355. The van der Waals surface area contributed by atoms with Crippen molar-refractivity contribution >= 4 is 0 Å². The maximum Gasteiger partial charge on any atom is 0.0334 e. The van der Waals surface area contributed by atoms with Crippen LogP contribution in [-0.2, 0) is 0 Å². The molecular formula is C19H36N2. The molecule has 0 bridgehead atoms. The first-order valence-electron chi connectivity index (χ1n) is 9.76. The zero-order valence-corrected chi connectivity index (χ0v) is 14.2. The number of rotatable bonds is 4. The third-order valence-corrected chi connectivity index (χ3v) is 7.08. The number of nitrogens with zero attached hydrogens (tertiary/aromatic N) is 1. The quantitative estimate of drug-likeness (QED) is 0.782. The van der Waals surface area contributed by atoms with Gasteiger partial charge < -0.3 is 5.73 Å². The molecule has 0 radical (unpaired) electrons. The van der Waals surface area contributed by atoms with Crippen LogP contribution in [0.5, 0.6) is 0 Å². The largest absolute Gasteiger partial charge is 0.329 e. The lowest BCUT2D eigenvalue weighted by molar-refractivity contribution is 0.0405. The van der Waals surface area contributed by atoms with Crippen LogP contribution >= 0.6 is 0 Å². The van der Waals surface area contributed by atoms with Crippen molar-refractivity contribution < 1.29 is 0 Å². The van der Waals surface area contributed by atoms with E-state index in [1.54, 1.807) is 0 Å². The Bertz CT molecular complexity index is 324. The number of hydrogen-bond donors (Lipinski definition) is 1. The smallest absolute Gasteiger partial charge is 0.0334 e. The molecule has 3 atom stereocenters. The highest BCUT2D eigenvalue weighted by molar-refractivity contribution is 5.01. The molecule has 0 aromatic carbocycles. The van der Waals surface area contributed by atoms with Crippen molar-refractivity contribution in [3.8, 4) is 0 Å². The lowest BCUT2D eigenvalue weighted by Gasteiger charge is -2.46. The van der Waals surface area contributed by atoms with E-state index in [2.05, 4.69) is 11.8 Å². The lowest BCUT2D eigenvalue weighted by atomic mass is 9.84. The summed E-state index contributed by atoms with van der Waals surface area (Å²) in [6, 6.07) is 0.870. The van der Waals surface area contributed by atoms with Gasteiger partial charge in [-0.2, -0.15) is 0 Å². The SMILES string of the molecule is CCC1CCCC(CN)(N2CCCC2C2CCCC2)CC1. The fraction of sp³-hybridized carbons (Fsp3) is 1.00. The number of likely N-dealkylation sites (tertiary alicyclic amines) is 1. The van der Waals surface area contributed by atoms with Crippen LogP contribution in [-0.4, -0.2) is 29.6 Å². The van der Waals surface area contributed by atoms with E-state index in [1.165, 1.54) is 83.6 Å². The molecular weight excluding hydrogens is 256 g/mol. The lowest BCUT2D eigenvalue weighted by Crippen LogP contribution is -2.56. The van der Waals surface area contributed by atoms with Crippen LogP contribution < -0.4 is 5.73 Å². The van der Waals surface area contributed by atoms with Crippen molar-refractivity contribution in [3.63, 3.8) is 0 Å². The molecule has 3 aliphatic rings. The van der Waals surface area contributed by atoms with E-state index in [1.807, 2.05) is 0 Å². The van der Waals surface area contributed by atoms with Crippen LogP contribution in [0.2, 0.25) is 0 Å². The predicted molar refractivity (Wildman–Crippen MR) is 90.3 cm³/mol. The standard InChI is InChI=1S/C19H36N2/c1-2-16-7-5-12-19(15-20,13-11-16)21-14-6-10-18(21)17-8-3-4-9-17/h16-18H,2-15,20H2,1H3. The van der Waals surface area contributed by atoms with E-state index in [-0.39, 0.29) is 0 Å². The molecule has 3 unspecified atom stereocenters. The van der Waals surface area contributed by atoms with Gasteiger partial charge in [0.25, 0.3) is 0 Å². The second kappa shape index (κ2) is 7.00. The van der Waals surface area contributed by atoms with E-state index >= 15 is 0 Å². The van der Waals surface area contributed by atoms with Gasteiger partial charge in [0.2, 0.25) is 0 Å². The molecule has 2 heteroatoms. The van der Waals surface area contributed by atoms with Crippen LogP contribution in [0.3, 0.4) is 0 Å². The summed E-state index contributed by atoms with van der Waals surface area (Å²) in [4.78, 5) is 2.93. The Morgan fingerprint density at radius 3 is 2.48 bits per heavy atom. The molecule has 0 aromatic heterocycles. The zero-order valence-electron chi connectivity index (χ0n) is 14.2. The molecule has 122 valence electrons. The van der Waals surface area contributed by atoms with E-state index in [0.717, 1.165) is 24.4 Å². The summed E-state index contributed by atoms with van der Waals surface area (Å²) in [7, 11) is 0. The van der Waals surface area contributed by atoms with Crippen molar-refractivity contribution in [1.29, 1.82) is 0 Å². The minimum Gasteiger partial charge on any atom is -0.329 e. The van der Waals surface area contributed by atoms with Crippen LogP contribution in [0.15, 0.2) is 0 Å². The van der Waals surface area contributed by atoms with Gasteiger partial charge in [-0.3, -0.25) is 4.90 Å². The molecule has 1 aliphatic heterocycles. The molecule has 0 spiro atoms. The summed E-state index contributed by atoms with van der Waals surface area (Å²) in [5.41, 5.74) is 6.75. The molecule has 3 fully saturated rings. The Morgan fingerprint density at radius 2 is 1.76 bits per heavy atom. The summed E-state index contributed by atoms with van der Waals surface area (Å²) in [6.45, 7) is 4.60. The van der Waals surface area contributed by atoms with Crippen molar-refractivity contribution in [2.45, 2.75) is 95.6 Å². The molecule has 2 N–H and O–H groups in total. The number of hydrogen-bond acceptors (Lipinski definition) is 2. The van der Waals surface area contributed by atoms with Gasteiger partial charge in [0.15, 0.2) is 0 Å². The van der Waals surface area contributed by atoms with E-state index in [4.69, 9.17) is 5.73 Å². The maximum absolute atomic E-state index is 6.39. The first kappa shape index (κ1) is 15.8. The molecule has 2 saturated carbocycles. The summed E-state index contributed by atoms with van der Waals surface area (Å²) in [5.74, 6) is 1.95. The Balaban J connectivity index is 1.74. The van der Waals surface area contributed by atoms with Crippen LogP contribution in [0.1, 0.15) is 84.0 Å².